The summed E-state index contributed by atoms with van der Waals surface area (Å²) >= 11 is 0. The van der Waals surface area contributed by atoms with Crippen LogP contribution in [0.2, 0.25) is 0 Å². The lowest BCUT2D eigenvalue weighted by Gasteiger charge is -2.42. The summed E-state index contributed by atoms with van der Waals surface area (Å²) in [5, 5.41) is 10.3. The summed E-state index contributed by atoms with van der Waals surface area (Å²) in [7, 11) is 0. The Hall–Kier alpha value is -0.0800. The highest BCUT2D eigenvalue weighted by molar-refractivity contribution is 4.89. The molecule has 2 aliphatic carbocycles. The van der Waals surface area contributed by atoms with Crippen molar-refractivity contribution in [3.8, 4) is 0 Å². The van der Waals surface area contributed by atoms with Gasteiger partial charge in [-0.1, -0.05) is 39.5 Å². The minimum absolute atomic E-state index is 0.0666. The number of rotatable bonds is 4. The van der Waals surface area contributed by atoms with Crippen LogP contribution in [-0.2, 0) is 0 Å². The molecule has 0 heterocycles. The van der Waals surface area contributed by atoms with E-state index in [1.54, 1.807) is 0 Å². The van der Waals surface area contributed by atoms with E-state index in [1.807, 2.05) is 0 Å². The van der Waals surface area contributed by atoms with Crippen LogP contribution in [0.25, 0.3) is 0 Å². The lowest BCUT2D eigenvalue weighted by Crippen LogP contribution is -2.51. The molecular formula is C15H29NO. The monoisotopic (exact) mass is 239 g/mol. The van der Waals surface area contributed by atoms with Crippen molar-refractivity contribution in [2.24, 2.45) is 5.92 Å². The summed E-state index contributed by atoms with van der Waals surface area (Å²) in [5.41, 5.74) is 0. The van der Waals surface area contributed by atoms with Crippen LogP contribution >= 0.6 is 0 Å². The molecule has 0 unspecified atom stereocenters. The maximum atomic E-state index is 10.3. The van der Waals surface area contributed by atoms with Gasteiger partial charge < -0.3 is 5.11 Å². The average molecular weight is 239 g/mol. The third-order valence-corrected chi connectivity index (χ3v) is 4.49. The maximum Gasteiger partial charge on any atom is 0.0695 e. The van der Waals surface area contributed by atoms with E-state index >= 15 is 0 Å². The highest BCUT2D eigenvalue weighted by Crippen LogP contribution is 2.31. The molecule has 2 heteroatoms. The third-order valence-electron chi connectivity index (χ3n) is 4.49. The molecule has 0 radical (unpaired) electrons. The van der Waals surface area contributed by atoms with Crippen molar-refractivity contribution in [3.63, 3.8) is 0 Å². The van der Waals surface area contributed by atoms with Gasteiger partial charge in [0.25, 0.3) is 0 Å². The molecule has 17 heavy (non-hydrogen) atoms. The molecule has 0 spiro atoms. The molecule has 2 aliphatic rings. The van der Waals surface area contributed by atoms with Gasteiger partial charge in [-0.3, -0.25) is 4.90 Å². The first kappa shape index (κ1) is 13.4. The molecule has 2 saturated carbocycles. The molecule has 0 amide bonds. The Morgan fingerprint density at radius 3 is 2.18 bits per heavy atom. The highest BCUT2D eigenvalue weighted by atomic mass is 16.3. The molecule has 0 aromatic carbocycles. The Balaban J connectivity index is 2.01. The highest BCUT2D eigenvalue weighted by Gasteiger charge is 2.34. The van der Waals surface area contributed by atoms with Crippen molar-refractivity contribution in [2.75, 3.05) is 6.54 Å². The predicted octanol–water partition coefficient (Wildman–Crippen LogP) is 3.19. The number of hydrogen-bond acceptors (Lipinski definition) is 2. The zero-order valence-electron chi connectivity index (χ0n) is 11.6. The molecule has 0 saturated heterocycles. The summed E-state index contributed by atoms with van der Waals surface area (Å²) in [6.07, 6.45) is 10.2. The van der Waals surface area contributed by atoms with Gasteiger partial charge in [-0.25, -0.2) is 0 Å². The van der Waals surface area contributed by atoms with E-state index in [0.29, 0.717) is 12.0 Å². The number of aliphatic hydroxyl groups is 1. The van der Waals surface area contributed by atoms with Crippen molar-refractivity contribution in [1.82, 2.24) is 4.90 Å². The van der Waals surface area contributed by atoms with Gasteiger partial charge in [0, 0.05) is 18.6 Å². The average Bonchev–Trinajstić information content (AvgIpc) is 2.80. The minimum Gasteiger partial charge on any atom is -0.391 e. The van der Waals surface area contributed by atoms with E-state index in [1.165, 1.54) is 51.5 Å². The van der Waals surface area contributed by atoms with E-state index in [9.17, 15) is 5.11 Å². The van der Waals surface area contributed by atoms with Crippen LogP contribution < -0.4 is 0 Å². The Kier molecular flexibility index (Phi) is 4.87. The topological polar surface area (TPSA) is 23.5 Å². The molecule has 0 aromatic heterocycles. The molecule has 2 rings (SSSR count). The van der Waals surface area contributed by atoms with E-state index < -0.39 is 0 Å². The van der Waals surface area contributed by atoms with E-state index in [2.05, 4.69) is 18.7 Å². The van der Waals surface area contributed by atoms with Crippen LogP contribution in [-0.4, -0.2) is 34.7 Å². The second-order valence-corrected chi connectivity index (χ2v) is 6.45. The third kappa shape index (κ3) is 3.45. The standard InChI is InChI=1S/C15H29NO/c1-12(2)11-16(13-7-3-4-8-13)14-9-5-6-10-15(14)17/h12-15,17H,3-11H2,1-2H3/t14-,15-/m1/s1. The first-order valence-electron chi connectivity index (χ1n) is 7.62. The van der Waals surface area contributed by atoms with Gasteiger partial charge in [0.05, 0.1) is 6.10 Å². The second kappa shape index (κ2) is 6.19. The Morgan fingerprint density at radius 2 is 1.59 bits per heavy atom. The first-order valence-corrected chi connectivity index (χ1v) is 7.62. The summed E-state index contributed by atoms with van der Waals surface area (Å²) in [4.78, 5) is 2.67. The van der Waals surface area contributed by atoms with Crippen molar-refractivity contribution in [2.45, 2.75) is 83.4 Å². The van der Waals surface area contributed by atoms with E-state index in [4.69, 9.17) is 0 Å². The van der Waals surface area contributed by atoms with Gasteiger partial charge >= 0.3 is 0 Å². The lowest BCUT2D eigenvalue weighted by molar-refractivity contribution is -0.00643. The molecule has 0 aromatic rings. The first-order chi connectivity index (χ1) is 8.18. The van der Waals surface area contributed by atoms with E-state index in [0.717, 1.165) is 12.5 Å². The normalized spacial score (nSPS) is 31.6. The van der Waals surface area contributed by atoms with Gasteiger partial charge in [0.2, 0.25) is 0 Å². The summed E-state index contributed by atoms with van der Waals surface area (Å²) in [6, 6.07) is 1.21. The SMILES string of the molecule is CC(C)CN(C1CCCC1)[C@@H]1CCCC[C@H]1O. The fraction of sp³-hybridized carbons (Fsp3) is 1.00. The fourth-order valence-electron chi connectivity index (χ4n) is 3.69. The number of hydrogen-bond donors (Lipinski definition) is 1. The smallest absolute Gasteiger partial charge is 0.0695 e. The quantitative estimate of drug-likeness (QED) is 0.814. The van der Waals surface area contributed by atoms with Crippen LogP contribution in [0.5, 0.6) is 0 Å². The van der Waals surface area contributed by atoms with Crippen LogP contribution in [0, 0.1) is 5.92 Å². The Labute approximate surface area is 106 Å². The van der Waals surface area contributed by atoms with Crippen LogP contribution in [0.3, 0.4) is 0 Å². The van der Waals surface area contributed by atoms with Gasteiger partial charge in [-0.05, 0) is 31.6 Å². The van der Waals surface area contributed by atoms with Crippen molar-refractivity contribution in [1.29, 1.82) is 0 Å². The zero-order chi connectivity index (χ0) is 12.3. The minimum atomic E-state index is -0.0666. The molecule has 100 valence electrons. The Morgan fingerprint density at radius 1 is 1.00 bits per heavy atom. The van der Waals surface area contributed by atoms with Crippen LogP contribution in [0.1, 0.15) is 65.2 Å². The van der Waals surface area contributed by atoms with Gasteiger partial charge in [-0.2, -0.15) is 0 Å². The summed E-state index contributed by atoms with van der Waals surface area (Å²) < 4.78 is 0. The van der Waals surface area contributed by atoms with Crippen molar-refractivity contribution >= 4 is 0 Å². The second-order valence-electron chi connectivity index (χ2n) is 6.45. The molecule has 0 aliphatic heterocycles. The molecule has 0 bridgehead atoms. The summed E-state index contributed by atoms with van der Waals surface area (Å²) in [6.45, 7) is 5.78. The van der Waals surface area contributed by atoms with Crippen molar-refractivity contribution < 1.29 is 5.11 Å². The number of nitrogens with zero attached hydrogens (tertiary/aromatic N) is 1. The van der Waals surface area contributed by atoms with E-state index in [-0.39, 0.29) is 6.10 Å². The zero-order valence-corrected chi connectivity index (χ0v) is 11.6. The van der Waals surface area contributed by atoms with Crippen LogP contribution in [0.4, 0.5) is 0 Å². The Bertz CT molecular complexity index is 223. The summed E-state index contributed by atoms with van der Waals surface area (Å²) in [5.74, 6) is 0.713. The molecular weight excluding hydrogens is 210 g/mol. The van der Waals surface area contributed by atoms with Crippen molar-refractivity contribution in [3.05, 3.63) is 0 Å². The number of aliphatic hydroxyl groups excluding tert-OH is 1. The van der Waals surface area contributed by atoms with Gasteiger partial charge in [0.15, 0.2) is 0 Å². The lowest BCUT2D eigenvalue weighted by atomic mass is 9.89. The fourth-order valence-corrected chi connectivity index (χ4v) is 3.69. The predicted molar refractivity (Wildman–Crippen MR) is 72.1 cm³/mol. The molecule has 2 atom stereocenters. The molecule has 2 nitrogen and oxygen atoms in total. The van der Waals surface area contributed by atoms with Crippen LogP contribution in [0.15, 0.2) is 0 Å². The molecule has 2 fully saturated rings. The van der Waals surface area contributed by atoms with Gasteiger partial charge in [0.1, 0.15) is 0 Å². The maximum absolute atomic E-state index is 10.3. The molecule has 1 N–H and O–H groups in total. The van der Waals surface area contributed by atoms with Gasteiger partial charge in [-0.15, -0.1) is 0 Å². The largest absolute Gasteiger partial charge is 0.391 e.